The lowest BCUT2D eigenvalue weighted by atomic mass is 10.1. The first kappa shape index (κ1) is 22.5. The molecule has 1 fully saturated rings. The summed E-state index contributed by atoms with van der Waals surface area (Å²) in [5.74, 6) is 0.699. The normalized spacial score (nSPS) is 21.5. The standard InChI is InChI=1S/C23H31NO6/c25-15-21-13-20(14-23(27)30-21)29-16-22(26)24-10-4-1-5-11-28-19-9-8-17-6-2-3-7-18(17)12-19/h2-3,6-9,12,20-21,23,25,27H,1,4-5,10-11,13-16H2,(H,24,26). The number of aliphatic hydroxyl groups excluding tert-OH is 2. The molecule has 3 N–H and O–H groups in total. The monoisotopic (exact) mass is 417 g/mol. The molecule has 0 aromatic heterocycles. The van der Waals surface area contributed by atoms with E-state index in [0.29, 0.717) is 26.0 Å². The van der Waals surface area contributed by atoms with Crippen molar-refractivity contribution in [3.63, 3.8) is 0 Å². The van der Waals surface area contributed by atoms with Crippen LogP contribution in [0.2, 0.25) is 0 Å². The molecule has 0 aliphatic carbocycles. The van der Waals surface area contributed by atoms with Crippen LogP contribution in [0, 0.1) is 0 Å². The summed E-state index contributed by atoms with van der Waals surface area (Å²) in [6.07, 6.45) is 1.83. The Balaban J connectivity index is 1.22. The van der Waals surface area contributed by atoms with Gasteiger partial charge in [-0.2, -0.15) is 0 Å². The van der Waals surface area contributed by atoms with Crippen LogP contribution in [0.15, 0.2) is 42.5 Å². The Morgan fingerprint density at radius 1 is 1.10 bits per heavy atom. The Kier molecular flexibility index (Phi) is 8.89. The van der Waals surface area contributed by atoms with E-state index in [1.807, 2.05) is 18.2 Å². The van der Waals surface area contributed by atoms with E-state index in [-0.39, 0.29) is 25.2 Å². The van der Waals surface area contributed by atoms with E-state index in [4.69, 9.17) is 19.3 Å². The minimum absolute atomic E-state index is 0.0550. The Morgan fingerprint density at radius 2 is 1.93 bits per heavy atom. The van der Waals surface area contributed by atoms with Gasteiger partial charge in [0.2, 0.25) is 5.91 Å². The summed E-state index contributed by atoms with van der Waals surface area (Å²) >= 11 is 0. The van der Waals surface area contributed by atoms with Gasteiger partial charge in [0.1, 0.15) is 12.4 Å². The number of nitrogens with one attached hydrogen (secondary N) is 1. The van der Waals surface area contributed by atoms with Gasteiger partial charge in [0.05, 0.1) is 25.4 Å². The van der Waals surface area contributed by atoms with Gasteiger partial charge >= 0.3 is 0 Å². The maximum absolute atomic E-state index is 11.9. The lowest BCUT2D eigenvalue weighted by Gasteiger charge is -2.31. The fourth-order valence-corrected chi connectivity index (χ4v) is 3.52. The van der Waals surface area contributed by atoms with Crippen LogP contribution in [-0.2, 0) is 14.3 Å². The second-order valence-electron chi connectivity index (χ2n) is 7.57. The lowest BCUT2D eigenvalue weighted by Crippen LogP contribution is -2.40. The molecule has 3 atom stereocenters. The van der Waals surface area contributed by atoms with Gasteiger partial charge in [-0.1, -0.05) is 30.3 Å². The Labute approximate surface area is 176 Å². The second-order valence-corrected chi connectivity index (χ2v) is 7.57. The number of hydrogen-bond donors (Lipinski definition) is 3. The van der Waals surface area contributed by atoms with Gasteiger partial charge < -0.3 is 29.7 Å². The van der Waals surface area contributed by atoms with Crippen LogP contribution in [-0.4, -0.2) is 61.0 Å². The quantitative estimate of drug-likeness (QED) is 0.486. The van der Waals surface area contributed by atoms with Crippen LogP contribution in [0.25, 0.3) is 10.8 Å². The van der Waals surface area contributed by atoms with Gasteiger partial charge in [0.25, 0.3) is 0 Å². The van der Waals surface area contributed by atoms with Gasteiger partial charge in [-0.15, -0.1) is 0 Å². The molecule has 0 saturated carbocycles. The summed E-state index contributed by atoms with van der Waals surface area (Å²) in [5.41, 5.74) is 0. The third-order valence-corrected chi connectivity index (χ3v) is 5.13. The molecule has 30 heavy (non-hydrogen) atoms. The SMILES string of the molecule is O=C(COC1CC(O)OC(CO)C1)NCCCCCOc1ccc2ccccc2c1. The number of ether oxygens (including phenoxy) is 3. The van der Waals surface area contributed by atoms with Gasteiger partial charge in [-0.25, -0.2) is 0 Å². The molecule has 2 aromatic carbocycles. The number of fused-ring (bicyclic) bond motifs is 1. The number of carbonyl (C=O) groups excluding carboxylic acids is 1. The van der Waals surface area contributed by atoms with Crippen molar-refractivity contribution in [3.8, 4) is 5.75 Å². The highest BCUT2D eigenvalue weighted by molar-refractivity contribution is 5.83. The molecular formula is C23H31NO6. The number of benzene rings is 2. The molecule has 2 aromatic rings. The number of aliphatic hydroxyl groups is 2. The van der Waals surface area contributed by atoms with Crippen molar-refractivity contribution >= 4 is 16.7 Å². The van der Waals surface area contributed by atoms with Gasteiger partial charge in [0.15, 0.2) is 6.29 Å². The molecule has 7 nitrogen and oxygen atoms in total. The van der Waals surface area contributed by atoms with Crippen molar-refractivity contribution in [2.45, 2.75) is 50.6 Å². The van der Waals surface area contributed by atoms with Crippen molar-refractivity contribution in [1.82, 2.24) is 5.32 Å². The molecule has 1 amide bonds. The predicted octanol–water partition coefficient (Wildman–Crippen LogP) is 2.38. The maximum atomic E-state index is 11.9. The number of carbonyl (C=O) groups is 1. The molecule has 3 rings (SSSR count). The molecule has 0 spiro atoms. The van der Waals surface area contributed by atoms with Gasteiger partial charge in [-0.05, 0) is 42.2 Å². The average molecular weight is 418 g/mol. The topological polar surface area (TPSA) is 97.3 Å². The predicted molar refractivity (Wildman–Crippen MR) is 113 cm³/mol. The van der Waals surface area contributed by atoms with Crippen LogP contribution in [0.1, 0.15) is 32.1 Å². The number of hydrogen-bond acceptors (Lipinski definition) is 6. The Morgan fingerprint density at radius 3 is 2.77 bits per heavy atom. The van der Waals surface area contributed by atoms with E-state index in [1.54, 1.807) is 0 Å². The lowest BCUT2D eigenvalue weighted by molar-refractivity contribution is -0.205. The zero-order valence-electron chi connectivity index (χ0n) is 17.2. The molecule has 0 radical (unpaired) electrons. The van der Waals surface area contributed by atoms with Gasteiger partial charge in [-0.3, -0.25) is 4.79 Å². The number of rotatable bonds is 11. The summed E-state index contributed by atoms with van der Waals surface area (Å²) in [7, 11) is 0. The molecule has 1 aliphatic heterocycles. The summed E-state index contributed by atoms with van der Waals surface area (Å²) in [6, 6.07) is 14.3. The highest BCUT2D eigenvalue weighted by atomic mass is 16.6. The largest absolute Gasteiger partial charge is 0.494 e. The molecule has 1 saturated heterocycles. The second kappa shape index (κ2) is 11.9. The maximum Gasteiger partial charge on any atom is 0.246 e. The molecular weight excluding hydrogens is 386 g/mol. The molecule has 164 valence electrons. The summed E-state index contributed by atoms with van der Waals surface area (Å²) in [4.78, 5) is 11.9. The van der Waals surface area contributed by atoms with Gasteiger partial charge in [0, 0.05) is 19.4 Å². The van der Waals surface area contributed by atoms with Crippen LogP contribution in [0.3, 0.4) is 0 Å². The van der Waals surface area contributed by atoms with E-state index in [0.717, 1.165) is 25.0 Å². The van der Waals surface area contributed by atoms with E-state index < -0.39 is 12.4 Å². The molecule has 7 heteroatoms. The van der Waals surface area contributed by atoms with Crippen LogP contribution >= 0.6 is 0 Å². The van der Waals surface area contributed by atoms with Crippen LogP contribution < -0.4 is 10.1 Å². The highest BCUT2D eigenvalue weighted by Crippen LogP contribution is 2.21. The Hall–Kier alpha value is -2.19. The van der Waals surface area contributed by atoms with Crippen LogP contribution in [0.5, 0.6) is 5.75 Å². The first-order valence-electron chi connectivity index (χ1n) is 10.6. The zero-order chi connectivity index (χ0) is 21.2. The fourth-order valence-electron chi connectivity index (χ4n) is 3.52. The number of unbranched alkanes of at least 4 members (excludes halogenated alkanes) is 2. The summed E-state index contributed by atoms with van der Waals surface area (Å²) in [6.45, 7) is 1.01. The first-order valence-corrected chi connectivity index (χ1v) is 10.6. The molecule has 0 bridgehead atoms. The molecule has 1 heterocycles. The zero-order valence-corrected chi connectivity index (χ0v) is 17.2. The molecule has 3 unspecified atom stereocenters. The Bertz CT molecular complexity index is 798. The van der Waals surface area contributed by atoms with Crippen molar-refractivity contribution in [2.24, 2.45) is 0 Å². The summed E-state index contributed by atoms with van der Waals surface area (Å²) < 4.78 is 16.5. The third-order valence-electron chi connectivity index (χ3n) is 5.13. The van der Waals surface area contributed by atoms with Crippen molar-refractivity contribution in [2.75, 3.05) is 26.4 Å². The van der Waals surface area contributed by atoms with Crippen molar-refractivity contribution < 1.29 is 29.2 Å². The van der Waals surface area contributed by atoms with E-state index in [1.165, 1.54) is 10.8 Å². The minimum atomic E-state index is -0.958. The van der Waals surface area contributed by atoms with E-state index in [2.05, 4.69) is 29.6 Å². The molecule has 1 aliphatic rings. The average Bonchev–Trinajstić information content (AvgIpc) is 2.76. The van der Waals surface area contributed by atoms with E-state index >= 15 is 0 Å². The minimum Gasteiger partial charge on any atom is -0.494 e. The van der Waals surface area contributed by atoms with E-state index in [9.17, 15) is 9.90 Å². The first-order chi connectivity index (χ1) is 14.6. The fraction of sp³-hybridized carbons (Fsp3) is 0.522. The van der Waals surface area contributed by atoms with Crippen LogP contribution in [0.4, 0.5) is 0 Å². The third kappa shape index (κ3) is 7.25. The summed E-state index contributed by atoms with van der Waals surface area (Å²) in [5, 5.41) is 23.9. The highest BCUT2D eigenvalue weighted by Gasteiger charge is 2.28. The van der Waals surface area contributed by atoms with Crippen molar-refractivity contribution in [1.29, 1.82) is 0 Å². The van der Waals surface area contributed by atoms with Crippen molar-refractivity contribution in [3.05, 3.63) is 42.5 Å². The smallest absolute Gasteiger partial charge is 0.246 e. The number of amides is 1.